The molecule has 2 N–H and O–H groups in total. The summed E-state index contributed by atoms with van der Waals surface area (Å²) in [6, 6.07) is 0.998. The van der Waals surface area contributed by atoms with Gasteiger partial charge in [-0.3, -0.25) is 4.79 Å². The molecule has 1 atom stereocenters. The Morgan fingerprint density at radius 1 is 1.60 bits per heavy atom. The van der Waals surface area contributed by atoms with Gasteiger partial charge in [-0.2, -0.15) is 0 Å². The molecule has 0 radical (unpaired) electrons. The van der Waals surface area contributed by atoms with Gasteiger partial charge in [-0.05, 0) is 23.7 Å². The number of furan rings is 1. The molecule has 0 aliphatic heterocycles. The van der Waals surface area contributed by atoms with Crippen LogP contribution in [-0.2, 0) is 4.79 Å². The maximum absolute atomic E-state index is 12.1. The van der Waals surface area contributed by atoms with Crippen molar-refractivity contribution in [3.63, 3.8) is 0 Å². The van der Waals surface area contributed by atoms with Crippen molar-refractivity contribution in [2.75, 3.05) is 6.67 Å². The van der Waals surface area contributed by atoms with Crippen molar-refractivity contribution in [2.45, 2.75) is 6.04 Å². The van der Waals surface area contributed by atoms with Crippen LogP contribution in [0.3, 0.4) is 0 Å². The Hall–Kier alpha value is -1.56. The number of rotatable bonds is 4. The molecular formula is C8H7ClFNO4. The van der Waals surface area contributed by atoms with Crippen molar-refractivity contribution in [3.8, 4) is 0 Å². The summed E-state index contributed by atoms with van der Waals surface area (Å²) in [7, 11) is 0. The molecule has 0 bridgehead atoms. The molecule has 0 spiro atoms. The van der Waals surface area contributed by atoms with Crippen LogP contribution in [0.4, 0.5) is 4.39 Å². The predicted molar refractivity (Wildman–Crippen MR) is 48.6 cm³/mol. The van der Waals surface area contributed by atoms with Gasteiger partial charge in [0.15, 0.2) is 17.0 Å². The highest BCUT2D eigenvalue weighted by Crippen LogP contribution is 2.12. The van der Waals surface area contributed by atoms with Crippen molar-refractivity contribution < 1.29 is 23.5 Å². The van der Waals surface area contributed by atoms with Crippen molar-refractivity contribution in [1.29, 1.82) is 0 Å². The third-order valence-corrected chi connectivity index (χ3v) is 1.76. The Morgan fingerprint density at radius 3 is 2.67 bits per heavy atom. The molecule has 0 aliphatic rings. The van der Waals surface area contributed by atoms with Crippen LogP contribution in [0.5, 0.6) is 0 Å². The van der Waals surface area contributed by atoms with Gasteiger partial charge in [-0.1, -0.05) is 0 Å². The number of carboxylic acids is 1. The second-order valence-corrected chi connectivity index (χ2v) is 2.99. The standard InChI is InChI=1S/C8H7ClFNO4/c9-6-2-1-5(15-6)7(12)11-4(3-10)8(13)14/h1-2,4H,3H2,(H,11,12)(H,13,14). The average Bonchev–Trinajstić information content (AvgIpc) is 2.60. The smallest absolute Gasteiger partial charge is 0.328 e. The number of amides is 1. The molecule has 5 nitrogen and oxygen atoms in total. The molecule has 7 heteroatoms. The molecule has 0 saturated heterocycles. The number of aliphatic carboxylic acids is 1. The van der Waals surface area contributed by atoms with E-state index in [9.17, 15) is 14.0 Å². The molecule has 0 fully saturated rings. The maximum atomic E-state index is 12.1. The highest BCUT2D eigenvalue weighted by atomic mass is 35.5. The normalized spacial score (nSPS) is 12.1. The summed E-state index contributed by atoms with van der Waals surface area (Å²) < 4.78 is 16.8. The van der Waals surface area contributed by atoms with Crippen molar-refractivity contribution in [2.24, 2.45) is 0 Å². The highest BCUT2D eigenvalue weighted by Gasteiger charge is 2.21. The van der Waals surface area contributed by atoms with E-state index in [2.05, 4.69) is 0 Å². The van der Waals surface area contributed by atoms with E-state index >= 15 is 0 Å². The topological polar surface area (TPSA) is 79.5 Å². The van der Waals surface area contributed by atoms with Gasteiger partial charge in [0, 0.05) is 0 Å². The van der Waals surface area contributed by atoms with E-state index in [4.69, 9.17) is 21.1 Å². The van der Waals surface area contributed by atoms with Crippen LogP contribution in [0, 0.1) is 0 Å². The summed E-state index contributed by atoms with van der Waals surface area (Å²) >= 11 is 5.40. The Balaban J connectivity index is 2.66. The first-order valence-electron chi connectivity index (χ1n) is 3.89. The fourth-order valence-corrected chi connectivity index (χ4v) is 0.978. The van der Waals surface area contributed by atoms with E-state index in [1.54, 1.807) is 0 Å². The zero-order chi connectivity index (χ0) is 11.4. The summed E-state index contributed by atoms with van der Waals surface area (Å²) in [5.41, 5.74) is 0. The van der Waals surface area contributed by atoms with Crippen LogP contribution >= 0.6 is 11.6 Å². The molecule has 1 amide bonds. The number of alkyl halides is 1. The predicted octanol–water partition coefficient (Wildman–Crippen LogP) is 1.09. The van der Waals surface area contributed by atoms with Gasteiger partial charge in [0.1, 0.15) is 6.67 Å². The zero-order valence-corrected chi connectivity index (χ0v) is 8.12. The number of carboxylic acid groups (broad SMARTS) is 1. The molecule has 1 rings (SSSR count). The lowest BCUT2D eigenvalue weighted by atomic mass is 10.3. The number of carbonyl (C=O) groups is 2. The Bertz CT molecular complexity index is 378. The average molecular weight is 236 g/mol. The Labute approximate surface area is 88.8 Å². The van der Waals surface area contributed by atoms with Crippen LogP contribution in [0.15, 0.2) is 16.5 Å². The largest absolute Gasteiger partial charge is 0.480 e. The molecule has 0 aromatic carbocycles. The van der Waals surface area contributed by atoms with Gasteiger partial charge in [-0.25, -0.2) is 9.18 Å². The SMILES string of the molecule is O=C(NC(CF)C(=O)O)c1ccc(Cl)o1. The number of hydrogen-bond donors (Lipinski definition) is 2. The second kappa shape index (κ2) is 4.79. The van der Waals surface area contributed by atoms with Gasteiger partial charge in [0.2, 0.25) is 0 Å². The van der Waals surface area contributed by atoms with Crippen LogP contribution in [0.2, 0.25) is 5.22 Å². The lowest BCUT2D eigenvalue weighted by Crippen LogP contribution is -2.42. The van der Waals surface area contributed by atoms with Gasteiger partial charge >= 0.3 is 5.97 Å². The monoisotopic (exact) mass is 235 g/mol. The molecule has 0 saturated carbocycles. The van der Waals surface area contributed by atoms with E-state index in [1.165, 1.54) is 12.1 Å². The summed E-state index contributed by atoms with van der Waals surface area (Å²) in [5.74, 6) is -2.45. The van der Waals surface area contributed by atoms with E-state index in [-0.39, 0.29) is 11.0 Å². The minimum absolute atomic E-state index is 0.00715. The van der Waals surface area contributed by atoms with Crippen LogP contribution in [-0.4, -0.2) is 29.7 Å². The fourth-order valence-electron chi connectivity index (χ4n) is 0.832. The van der Waals surface area contributed by atoms with Gasteiger partial charge in [0.05, 0.1) is 0 Å². The quantitative estimate of drug-likeness (QED) is 0.819. The summed E-state index contributed by atoms with van der Waals surface area (Å²) in [6.45, 7) is -1.20. The summed E-state index contributed by atoms with van der Waals surface area (Å²) in [6.07, 6.45) is 0. The number of carbonyl (C=O) groups excluding carboxylic acids is 1. The van der Waals surface area contributed by atoms with E-state index in [0.717, 1.165) is 0 Å². The Morgan fingerprint density at radius 2 is 2.27 bits per heavy atom. The van der Waals surface area contributed by atoms with Gasteiger partial charge < -0.3 is 14.8 Å². The molecule has 15 heavy (non-hydrogen) atoms. The van der Waals surface area contributed by atoms with Crippen molar-refractivity contribution in [1.82, 2.24) is 5.32 Å². The van der Waals surface area contributed by atoms with Crippen LogP contribution in [0.25, 0.3) is 0 Å². The third kappa shape index (κ3) is 2.95. The molecule has 1 aromatic rings. The Kier molecular flexibility index (Phi) is 3.68. The van der Waals surface area contributed by atoms with E-state index in [0.29, 0.717) is 0 Å². The molecule has 0 aliphatic carbocycles. The molecule has 1 heterocycles. The van der Waals surface area contributed by atoms with Crippen LogP contribution < -0.4 is 5.32 Å². The summed E-state index contributed by atoms with van der Waals surface area (Å²) in [5, 5.41) is 10.4. The van der Waals surface area contributed by atoms with Gasteiger partial charge in [0.25, 0.3) is 5.91 Å². The number of nitrogens with one attached hydrogen (secondary N) is 1. The number of halogens is 2. The minimum Gasteiger partial charge on any atom is -0.480 e. The second-order valence-electron chi connectivity index (χ2n) is 2.62. The molecule has 1 aromatic heterocycles. The third-order valence-electron chi connectivity index (χ3n) is 1.55. The van der Waals surface area contributed by atoms with E-state index in [1.807, 2.05) is 5.32 Å². The minimum atomic E-state index is -1.58. The summed E-state index contributed by atoms with van der Waals surface area (Å²) in [4.78, 5) is 21.6. The van der Waals surface area contributed by atoms with E-state index < -0.39 is 24.6 Å². The van der Waals surface area contributed by atoms with Crippen molar-refractivity contribution in [3.05, 3.63) is 23.1 Å². The lowest BCUT2D eigenvalue weighted by molar-refractivity contribution is -0.139. The maximum Gasteiger partial charge on any atom is 0.328 e. The first kappa shape index (κ1) is 11.5. The van der Waals surface area contributed by atoms with Gasteiger partial charge in [-0.15, -0.1) is 0 Å². The van der Waals surface area contributed by atoms with Crippen LogP contribution in [0.1, 0.15) is 10.6 Å². The first-order valence-corrected chi connectivity index (χ1v) is 4.27. The highest BCUT2D eigenvalue weighted by molar-refractivity contribution is 6.29. The lowest BCUT2D eigenvalue weighted by Gasteiger charge is -2.08. The molecule has 82 valence electrons. The van der Waals surface area contributed by atoms with Crippen molar-refractivity contribution >= 4 is 23.5 Å². The molecular weight excluding hydrogens is 229 g/mol. The molecule has 1 unspecified atom stereocenters. The number of hydrogen-bond acceptors (Lipinski definition) is 3. The zero-order valence-electron chi connectivity index (χ0n) is 7.37. The fraction of sp³-hybridized carbons (Fsp3) is 0.250. The first-order chi connectivity index (χ1) is 7.04.